The van der Waals surface area contributed by atoms with Gasteiger partial charge in [-0.1, -0.05) is 0 Å². The molecule has 10 heteroatoms. The van der Waals surface area contributed by atoms with Gasteiger partial charge >= 0.3 is 0 Å². The molecule has 0 spiro atoms. The average Bonchev–Trinajstić information content (AvgIpc) is 3.17. The number of carbonyl (C=O) groups excluding carboxylic acids is 2. The van der Waals surface area contributed by atoms with Crippen molar-refractivity contribution in [2.75, 3.05) is 31.6 Å². The van der Waals surface area contributed by atoms with Crippen molar-refractivity contribution in [3.05, 3.63) is 46.8 Å². The third-order valence-corrected chi connectivity index (χ3v) is 7.54. The number of sulfonamides is 1. The quantitative estimate of drug-likeness (QED) is 0.735. The molecule has 0 unspecified atom stereocenters. The van der Waals surface area contributed by atoms with Gasteiger partial charge in [-0.15, -0.1) is 11.3 Å². The summed E-state index contributed by atoms with van der Waals surface area (Å²) in [5.74, 6) is -0.460. The van der Waals surface area contributed by atoms with Crippen LogP contribution in [0.25, 0.3) is 0 Å². The van der Waals surface area contributed by atoms with E-state index in [1.165, 1.54) is 11.2 Å². The third-order valence-electron chi connectivity index (χ3n) is 4.09. The molecule has 2 amide bonds. The van der Waals surface area contributed by atoms with E-state index >= 15 is 0 Å². The molecule has 1 fully saturated rings. The molecule has 0 atom stereocenters. The van der Waals surface area contributed by atoms with Crippen LogP contribution >= 0.6 is 11.3 Å². The van der Waals surface area contributed by atoms with E-state index < -0.39 is 10.0 Å². The minimum atomic E-state index is -3.52. The Morgan fingerprint density at radius 2 is 1.79 bits per heavy atom. The van der Waals surface area contributed by atoms with Gasteiger partial charge in [-0.25, -0.2) is 8.42 Å². The van der Waals surface area contributed by atoms with Crippen molar-refractivity contribution in [2.24, 2.45) is 0 Å². The topological polar surface area (TPSA) is 105 Å². The molecule has 28 heavy (non-hydrogen) atoms. The van der Waals surface area contributed by atoms with Gasteiger partial charge in [0, 0.05) is 36.1 Å². The van der Waals surface area contributed by atoms with E-state index in [9.17, 15) is 18.0 Å². The highest BCUT2D eigenvalue weighted by Crippen LogP contribution is 2.25. The van der Waals surface area contributed by atoms with Gasteiger partial charge in [0.15, 0.2) is 0 Å². The number of carbonyl (C=O) groups is 2. The molecule has 0 radical (unpaired) electrons. The molecule has 1 aliphatic heterocycles. The molecule has 0 saturated carbocycles. The van der Waals surface area contributed by atoms with E-state index in [4.69, 9.17) is 4.74 Å². The highest BCUT2D eigenvalue weighted by atomic mass is 32.2. The first kappa shape index (κ1) is 20.5. The van der Waals surface area contributed by atoms with Crippen molar-refractivity contribution in [3.8, 4) is 0 Å². The first-order chi connectivity index (χ1) is 13.4. The molecule has 2 heterocycles. The van der Waals surface area contributed by atoms with Crippen LogP contribution in [-0.2, 0) is 26.1 Å². The molecular formula is C18H21N3O5S2. The fourth-order valence-electron chi connectivity index (χ4n) is 2.68. The SMILES string of the molecule is CC(=O)Nc1ccc(C(=O)NCc2ccc(S(=O)(=O)N3CCOCC3)s2)cc1. The number of benzene rings is 1. The Hall–Kier alpha value is -2.27. The molecule has 1 aliphatic rings. The monoisotopic (exact) mass is 423 g/mol. The molecule has 1 saturated heterocycles. The predicted molar refractivity (Wildman–Crippen MR) is 106 cm³/mol. The van der Waals surface area contributed by atoms with Crippen molar-refractivity contribution in [2.45, 2.75) is 17.7 Å². The second-order valence-corrected chi connectivity index (χ2v) is 9.51. The van der Waals surface area contributed by atoms with Crippen LogP contribution in [0.3, 0.4) is 0 Å². The number of hydrogen-bond donors (Lipinski definition) is 2. The van der Waals surface area contributed by atoms with Crippen LogP contribution in [0.1, 0.15) is 22.2 Å². The molecule has 0 bridgehead atoms. The van der Waals surface area contributed by atoms with Gasteiger partial charge in [0.1, 0.15) is 4.21 Å². The number of thiophene rings is 1. The summed E-state index contributed by atoms with van der Waals surface area (Å²) in [7, 11) is -3.52. The number of nitrogens with zero attached hydrogens (tertiary/aromatic N) is 1. The van der Waals surface area contributed by atoms with Crippen molar-refractivity contribution >= 4 is 38.9 Å². The summed E-state index contributed by atoms with van der Waals surface area (Å²) in [5.41, 5.74) is 1.06. The number of rotatable bonds is 6. The van der Waals surface area contributed by atoms with Gasteiger partial charge in [-0.3, -0.25) is 9.59 Å². The third kappa shape index (κ3) is 4.96. The van der Waals surface area contributed by atoms with E-state index in [2.05, 4.69) is 10.6 Å². The Balaban J connectivity index is 1.59. The van der Waals surface area contributed by atoms with Crippen LogP contribution in [0.15, 0.2) is 40.6 Å². The minimum Gasteiger partial charge on any atom is -0.379 e. The van der Waals surface area contributed by atoms with Crippen LogP contribution < -0.4 is 10.6 Å². The summed E-state index contributed by atoms with van der Waals surface area (Å²) in [6.07, 6.45) is 0. The number of ether oxygens (including phenoxy) is 1. The van der Waals surface area contributed by atoms with Gasteiger partial charge < -0.3 is 15.4 Å². The average molecular weight is 424 g/mol. The summed E-state index contributed by atoms with van der Waals surface area (Å²) in [5, 5.41) is 5.41. The standard InChI is InChI=1S/C18H21N3O5S2/c1-13(22)20-15-4-2-14(3-5-15)18(23)19-12-16-6-7-17(27-16)28(24,25)21-8-10-26-11-9-21/h2-7H,8-12H2,1H3,(H,19,23)(H,20,22). The number of hydrogen-bond acceptors (Lipinski definition) is 6. The second-order valence-electron chi connectivity index (χ2n) is 6.18. The van der Waals surface area contributed by atoms with Gasteiger partial charge in [-0.05, 0) is 36.4 Å². The van der Waals surface area contributed by atoms with E-state index in [1.54, 1.807) is 36.4 Å². The van der Waals surface area contributed by atoms with Crippen molar-refractivity contribution < 1.29 is 22.7 Å². The van der Waals surface area contributed by atoms with E-state index in [1.807, 2.05) is 0 Å². The van der Waals surface area contributed by atoms with Gasteiger partial charge in [0.25, 0.3) is 15.9 Å². The zero-order valence-corrected chi connectivity index (χ0v) is 16.9. The largest absolute Gasteiger partial charge is 0.379 e. The number of nitrogens with one attached hydrogen (secondary N) is 2. The van der Waals surface area contributed by atoms with Crippen LogP contribution in [0, 0.1) is 0 Å². The van der Waals surface area contributed by atoms with E-state index in [0.29, 0.717) is 37.6 Å². The highest BCUT2D eigenvalue weighted by molar-refractivity contribution is 7.91. The van der Waals surface area contributed by atoms with Crippen LogP contribution in [0.5, 0.6) is 0 Å². The van der Waals surface area contributed by atoms with Crippen molar-refractivity contribution in [1.29, 1.82) is 0 Å². The van der Waals surface area contributed by atoms with Crippen LogP contribution in [-0.4, -0.2) is 50.8 Å². The summed E-state index contributed by atoms with van der Waals surface area (Å²) in [4.78, 5) is 24.0. The fraction of sp³-hybridized carbons (Fsp3) is 0.333. The lowest BCUT2D eigenvalue weighted by Crippen LogP contribution is -2.40. The summed E-state index contributed by atoms with van der Waals surface area (Å²) < 4.78 is 32.1. The lowest BCUT2D eigenvalue weighted by Gasteiger charge is -2.25. The number of anilines is 1. The van der Waals surface area contributed by atoms with Crippen LogP contribution in [0.2, 0.25) is 0 Å². The second kappa shape index (κ2) is 8.82. The maximum Gasteiger partial charge on any atom is 0.252 e. The molecule has 2 N–H and O–H groups in total. The van der Waals surface area contributed by atoms with Crippen LogP contribution in [0.4, 0.5) is 5.69 Å². The summed E-state index contributed by atoms with van der Waals surface area (Å²) in [6, 6.07) is 9.80. The molecule has 150 valence electrons. The summed E-state index contributed by atoms with van der Waals surface area (Å²) >= 11 is 1.15. The molecular weight excluding hydrogens is 402 g/mol. The molecule has 0 aliphatic carbocycles. The fourth-order valence-corrected chi connectivity index (χ4v) is 5.54. The summed E-state index contributed by atoms with van der Waals surface area (Å²) in [6.45, 7) is 3.13. The maximum atomic E-state index is 12.6. The minimum absolute atomic E-state index is 0.183. The predicted octanol–water partition coefficient (Wildman–Crippen LogP) is 1.66. The van der Waals surface area contributed by atoms with E-state index in [-0.39, 0.29) is 22.6 Å². The number of morpholine rings is 1. The Morgan fingerprint density at radius 3 is 2.43 bits per heavy atom. The zero-order valence-electron chi connectivity index (χ0n) is 15.3. The molecule has 8 nitrogen and oxygen atoms in total. The van der Waals surface area contributed by atoms with Gasteiger partial charge in [0.05, 0.1) is 19.8 Å². The molecule has 1 aromatic carbocycles. The Bertz CT molecular complexity index is 948. The molecule has 1 aromatic heterocycles. The Morgan fingerprint density at radius 1 is 1.11 bits per heavy atom. The Kier molecular flexibility index (Phi) is 6.45. The highest BCUT2D eigenvalue weighted by Gasteiger charge is 2.27. The zero-order chi connectivity index (χ0) is 20.1. The smallest absolute Gasteiger partial charge is 0.252 e. The van der Waals surface area contributed by atoms with Crippen molar-refractivity contribution in [1.82, 2.24) is 9.62 Å². The molecule has 2 aromatic rings. The number of amides is 2. The first-order valence-corrected chi connectivity index (χ1v) is 10.9. The van der Waals surface area contributed by atoms with Gasteiger partial charge in [0.2, 0.25) is 5.91 Å². The molecule has 3 rings (SSSR count). The Labute approximate surface area is 167 Å². The van der Waals surface area contributed by atoms with E-state index in [0.717, 1.165) is 16.2 Å². The first-order valence-electron chi connectivity index (χ1n) is 8.69. The maximum absolute atomic E-state index is 12.6. The lowest BCUT2D eigenvalue weighted by atomic mass is 10.2. The van der Waals surface area contributed by atoms with Crippen molar-refractivity contribution in [3.63, 3.8) is 0 Å². The lowest BCUT2D eigenvalue weighted by molar-refractivity contribution is -0.114. The normalized spacial score (nSPS) is 15.2. The van der Waals surface area contributed by atoms with Gasteiger partial charge in [-0.2, -0.15) is 4.31 Å².